The summed E-state index contributed by atoms with van der Waals surface area (Å²) in [6.45, 7) is 6.51. The molecule has 0 spiro atoms. The standard InChI is InChI=1S/C63H110O6/c1-4-7-10-13-16-19-22-25-28-30-31-33-35-38-41-44-47-50-53-56-62(65)68-59-60(58-67-61(64)55-52-49-46-43-40-37-34-27-24-21-18-15-12-9-6-3)69-63(66)57-54-51-48-45-42-39-36-32-29-26-23-20-17-14-11-8-5-2/h7,10,16,19,25-26,28-29,36,39,45,48,60H,4-6,8-9,11-15,17-18,20-24,27,30-35,37-38,40-44,46-47,49-59H2,1-3H3/b10-7-,19-16-,28-25-,29-26-,39-36-,48-45-. The van der Waals surface area contributed by atoms with Crippen molar-refractivity contribution >= 4 is 17.9 Å². The first kappa shape index (κ1) is 65.8. The molecule has 0 aliphatic heterocycles. The Balaban J connectivity index is 4.43. The van der Waals surface area contributed by atoms with Gasteiger partial charge in [0.1, 0.15) is 13.2 Å². The second-order valence-corrected chi connectivity index (χ2v) is 19.5. The summed E-state index contributed by atoms with van der Waals surface area (Å²) in [5.74, 6) is -0.942. The van der Waals surface area contributed by atoms with E-state index in [2.05, 4.69) is 93.7 Å². The Hall–Kier alpha value is -3.15. The van der Waals surface area contributed by atoms with Crippen molar-refractivity contribution in [2.45, 2.75) is 297 Å². The summed E-state index contributed by atoms with van der Waals surface area (Å²) >= 11 is 0. The van der Waals surface area contributed by atoms with Crippen molar-refractivity contribution in [2.75, 3.05) is 13.2 Å². The van der Waals surface area contributed by atoms with Crippen LogP contribution in [0.25, 0.3) is 0 Å². The van der Waals surface area contributed by atoms with Crippen molar-refractivity contribution in [3.63, 3.8) is 0 Å². The first-order valence-corrected chi connectivity index (χ1v) is 29.4. The summed E-state index contributed by atoms with van der Waals surface area (Å²) in [4.78, 5) is 38.2. The highest BCUT2D eigenvalue weighted by molar-refractivity contribution is 5.71. The number of allylic oxidation sites excluding steroid dienone is 12. The third-order valence-corrected chi connectivity index (χ3v) is 12.7. The van der Waals surface area contributed by atoms with Crippen LogP contribution in [0.3, 0.4) is 0 Å². The smallest absolute Gasteiger partial charge is 0.306 e. The molecule has 0 aromatic rings. The fourth-order valence-electron chi connectivity index (χ4n) is 8.30. The van der Waals surface area contributed by atoms with Crippen molar-refractivity contribution in [3.8, 4) is 0 Å². The molecular weight excluding hydrogens is 853 g/mol. The van der Waals surface area contributed by atoms with Crippen molar-refractivity contribution in [2.24, 2.45) is 0 Å². The lowest BCUT2D eigenvalue weighted by atomic mass is 10.0. The van der Waals surface area contributed by atoms with Gasteiger partial charge in [-0.3, -0.25) is 14.4 Å². The van der Waals surface area contributed by atoms with Gasteiger partial charge in [0.05, 0.1) is 0 Å². The third kappa shape index (κ3) is 55.6. The molecule has 0 saturated heterocycles. The molecule has 0 N–H and O–H groups in total. The zero-order valence-electron chi connectivity index (χ0n) is 45.6. The van der Waals surface area contributed by atoms with Crippen LogP contribution in [-0.4, -0.2) is 37.2 Å². The van der Waals surface area contributed by atoms with Gasteiger partial charge in [-0.25, -0.2) is 0 Å². The number of carbonyl (C=O) groups is 3. The number of hydrogen-bond acceptors (Lipinski definition) is 6. The molecule has 0 saturated carbocycles. The van der Waals surface area contributed by atoms with Crippen LogP contribution in [0, 0.1) is 0 Å². The van der Waals surface area contributed by atoms with E-state index in [1.54, 1.807) is 0 Å². The van der Waals surface area contributed by atoms with Gasteiger partial charge in [0.15, 0.2) is 6.10 Å². The molecule has 398 valence electrons. The quantitative estimate of drug-likeness (QED) is 0.0262. The Morgan fingerprint density at radius 2 is 0.580 bits per heavy atom. The van der Waals surface area contributed by atoms with Crippen LogP contribution < -0.4 is 0 Å². The molecule has 0 aliphatic rings. The Morgan fingerprint density at radius 3 is 0.928 bits per heavy atom. The molecule has 69 heavy (non-hydrogen) atoms. The second-order valence-electron chi connectivity index (χ2n) is 19.5. The van der Waals surface area contributed by atoms with Gasteiger partial charge < -0.3 is 14.2 Å². The van der Waals surface area contributed by atoms with Crippen LogP contribution in [-0.2, 0) is 28.6 Å². The SMILES string of the molecule is CC/C=C\C/C=C\C/C=C\CCCCCCCCCCCC(=O)OCC(COC(=O)CCCCCCCCCCCCCCCCC)OC(=O)CCC/C=C\C/C=C\C/C=C\CCCCCCCC. The Morgan fingerprint density at radius 1 is 0.304 bits per heavy atom. The zero-order chi connectivity index (χ0) is 50.0. The fourth-order valence-corrected chi connectivity index (χ4v) is 8.30. The molecule has 1 unspecified atom stereocenters. The minimum atomic E-state index is -0.803. The number of hydrogen-bond donors (Lipinski definition) is 0. The van der Waals surface area contributed by atoms with E-state index in [1.165, 1.54) is 167 Å². The van der Waals surface area contributed by atoms with Crippen LogP contribution in [0.4, 0.5) is 0 Å². The lowest BCUT2D eigenvalue weighted by molar-refractivity contribution is -0.167. The summed E-state index contributed by atoms with van der Waals surface area (Å²) in [5.41, 5.74) is 0. The summed E-state index contributed by atoms with van der Waals surface area (Å²) in [6.07, 6.45) is 73.3. The van der Waals surface area contributed by atoms with Crippen LogP contribution >= 0.6 is 0 Å². The van der Waals surface area contributed by atoms with Gasteiger partial charge in [-0.15, -0.1) is 0 Å². The maximum atomic E-state index is 12.8. The van der Waals surface area contributed by atoms with Crippen LogP contribution in [0.15, 0.2) is 72.9 Å². The first-order valence-electron chi connectivity index (χ1n) is 29.4. The molecule has 6 heteroatoms. The topological polar surface area (TPSA) is 78.9 Å². The lowest BCUT2D eigenvalue weighted by Crippen LogP contribution is -2.30. The van der Waals surface area contributed by atoms with Gasteiger partial charge in [0, 0.05) is 19.3 Å². The summed E-state index contributed by atoms with van der Waals surface area (Å²) in [6, 6.07) is 0. The van der Waals surface area contributed by atoms with Crippen molar-refractivity contribution < 1.29 is 28.6 Å². The normalized spacial score (nSPS) is 12.6. The van der Waals surface area contributed by atoms with E-state index in [0.717, 1.165) is 77.0 Å². The van der Waals surface area contributed by atoms with Gasteiger partial charge >= 0.3 is 17.9 Å². The van der Waals surface area contributed by atoms with Crippen molar-refractivity contribution in [1.29, 1.82) is 0 Å². The van der Waals surface area contributed by atoms with E-state index in [1.807, 2.05) is 0 Å². The molecule has 0 amide bonds. The molecule has 0 radical (unpaired) electrons. The van der Waals surface area contributed by atoms with Gasteiger partial charge in [-0.1, -0.05) is 261 Å². The molecule has 6 nitrogen and oxygen atoms in total. The number of unbranched alkanes of at least 4 members (excludes halogenated alkanes) is 30. The van der Waals surface area contributed by atoms with Crippen molar-refractivity contribution in [1.82, 2.24) is 0 Å². The Bertz CT molecular complexity index is 1290. The molecular formula is C63H110O6. The molecule has 0 bridgehead atoms. The lowest BCUT2D eigenvalue weighted by Gasteiger charge is -2.18. The molecule has 1 atom stereocenters. The zero-order valence-corrected chi connectivity index (χ0v) is 45.6. The average molecular weight is 964 g/mol. The predicted molar refractivity (Wildman–Crippen MR) is 298 cm³/mol. The summed E-state index contributed by atoms with van der Waals surface area (Å²) in [7, 11) is 0. The van der Waals surface area contributed by atoms with Crippen LogP contribution in [0.1, 0.15) is 290 Å². The summed E-state index contributed by atoms with van der Waals surface area (Å²) in [5, 5.41) is 0. The average Bonchev–Trinajstić information content (AvgIpc) is 3.35. The number of carbonyl (C=O) groups excluding carboxylic acids is 3. The van der Waals surface area contributed by atoms with E-state index in [0.29, 0.717) is 19.3 Å². The highest BCUT2D eigenvalue weighted by atomic mass is 16.6. The number of ether oxygens (including phenoxy) is 3. The number of esters is 3. The maximum absolute atomic E-state index is 12.8. The molecule has 0 fully saturated rings. The minimum absolute atomic E-state index is 0.0945. The monoisotopic (exact) mass is 963 g/mol. The highest BCUT2D eigenvalue weighted by Crippen LogP contribution is 2.16. The predicted octanol–water partition coefficient (Wildman–Crippen LogP) is 19.8. The minimum Gasteiger partial charge on any atom is -0.462 e. The molecule has 0 aromatic carbocycles. The second kappa shape index (κ2) is 57.4. The van der Waals surface area contributed by atoms with Crippen LogP contribution in [0.5, 0.6) is 0 Å². The van der Waals surface area contributed by atoms with Gasteiger partial charge in [-0.05, 0) is 83.5 Å². The maximum Gasteiger partial charge on any atom is 0.306 e. The van der Waals surface area contributed by atoms with E-state index in [9.17, 15) is 14.4 Å². The van der Waals surface area contributed by atoms with E-state index >= 15 is 0 Å². The fraction of sp³-hybridized carbons (Fsp3) is 0.762. The Kier molecular flexibility index (Phi) is 54.8. The van der Waals surface area contributed by atoms with Gasteiger partial charge in [0.25, 0.3) is 0 Å². The van der Waals surface area contributed by atoms with Crippen LogP contribution in [0.2, 0.25) is 0 Å². The van der Waals surface area contributed by atoms with E-state index in [-0.39, 0.29) is 37.5 Å². The Labute approximate surface area is 427 Å². The van der Waals surface area contributed by atoms with Crippen molar-refractivity contribution in [3.05, 3.63) is 72.9 Å². The summed E-state index contributed by atoms with van der Waals surface area (Å²) < 4.78 is 16.8. The van der Waals surface area contributed by atoms with E-state index < -0.39 is 6.10 Å². The van der Waals surface area contributed by atoms with E-state index in [4.69, 9.17) is 14.2 Å². The largest absolute Gasteiger partial charge is 0.462 e. The first-order chi connectivity index (χ1) is 34.0. The van der Waals surface area contributed by atoms with Gasteiger partial charge in [0.2, 0.25) is 0 Å². The molecule has 0 aromatic heterocycles. The molecule has 0 rings (SSSR count). The molecule has 0 heterocycles. The highest BCUT2D eigenvalue weighted by Gasteiger charge is 2.19. The third-order valence-electron chi connectivity index (χ3n) is 12.7. The number of rotatable bonds is 53. The van der Waals surface area contributed by atoms with Gasteiger partial charge in [-0.2, -0.15) is 0 Å². The molecule has 0 aliphatic carbocycles.